The van der Waals surface area contributed by atoms with E-state index >= 15 is 0 Å². The summed E-state index contributed by atoms with van der Waals surface area (Å²) in [5.41, 5.74) is 0.905. The molecule has 0 amide bonds. The molecule has 5 nitrogen and oxygen atoms in total. The van der Waals surface area contributed by atoms with Gasteiger partial charge < -0.3 is 10.1 Å². The highest BCUT2D eigenvalue weighted by molar-refractivity contribution is 5.48. The molecular formula is C12H16N2O3. The van der Waals surface area contributed by atoms with Gasteiger partial charge in [0.05, 0.1) is 4.92 Å². The van der Waals surface area contributed by atoms with Crippen LogP contribution in [0.3, 0.4) is 0 Å². The van der Waals surface area contributed by atoms with Gasteiger partial charge in [0.2, 0.25) is 0 Å². The number of nitro groups is 1. The summed E-state index contributed by atoms with van der Waals surface area (Å²) in [5, 5.41) is 13.8. The number of nitrogens with zero attached hydrogens (tertiary/aromatic N) is 1. The summed E-state index contributed by atoms with van der Waals surface area (Å²) in [6.07, 6.45) is 1.33. The summed E-state index contributed by atoms with van der Waals surface area (Å²) >= 11 is 0. The van der Waals surface area contributed by atoms with E-state index in [1.807, 2.05) is 7.05 Å². The lowest BCUT2D eigenvalue weighted by Crippen LogP contribution is -2.10. The Morgan fingerprint density at radius 2 is 2.35 bits per heavy atom. The maximum Gasteiger partial charge on any atom is 0.310 e. The van der Waals surface area contributed by atoms with Gasteiger partial charge in [-0.1, -0.05) is 18.7 Å². The fourth-order valence-corrected chi connectivity index (χ4v) is 1.37. The summed E-state index contributed by atoms with van der Waals surface area (Å²) < 4.78 is 5.46. The van der Waals surface area contributed by atoms with Crippen LogP contribution in [-0.4, -0.2) is 18.1 Å². The van der Waals surface area contributed by atoms with Gasteiger partial charge in [-0.05, 0) is 25.6 Å². The summed E-state index contributed by atoms with van der Waals surface area (Å²) in [7, 11) is 1.81. The standard InChI is InChI=1S/C12H16N2O3/c1-4-9(2)17-12-7-10(8-13-3)5-6-11(12)14(15)16/h4-7,9,13H,1,8H2,2-3H3. The third kappa shape index (κ3) is 3.57. The molecule has 0 radical (unpaired) electrons. The van der Waals surface area contributed by atoms with E-state index in [1.165, 1.54) is 6.07 Å². The fourth-order valence-electron chi connectivity index (χ4n) is 1.37. The number of nitrogens with one attached hydrogen (secondary N) is 1. The van der Waals surface area contributed by atoms with Gasteiger partial charge in [0.15, 0.2) is 5.75 Å². The lowest BCUT2D eigenvalue weighted by molar-refractivity contribution is -0.386. The Kier molecular flexibility index (Phi) is 4.66. The molecule has 0 aromatic heterocycles. The zero-order valence-corrected chi connectivity index (χ0v) is 9.97. The van der Waals surface area contributed by atoms with Gasteiger partial charge in [0.1, 0.15) is 6.10 Å². The molecule has 1 N–H and O–H groups in total. The number of hydrogen-bond acceptors (Lipinski definition) is 4. The van der Waals surface area contributed by atoms with Gasteiger partial charge >= 0.3 is 5.69 Å². The molecule has 0 aliphatic rings. The van der Waals surface area contributed by atoms with Crippen molar-refractivity contribution in [2.45, 2.75) is 19.6 Å². The third-order valence-electron chi connectivity index (χ3n) is 2.25. The van der Waals surface area contributed by atoms with E-state index in [1.54, 1.807) is 25.1 Å². The number of rotatable bonds is 6. The number of benzene rings is 1. The molecule has 1 unspecified atom stereocenters. The van der Waals surface area contributed by atoms with E-state index in [2.05, 4.69) is 11.9 Å². The maximum atomic E-state index is 10.8. The second kappa shape index (κ2) is 6.00. The highest BCUT2D eigenvalue weighted by atomic mass is 16.6. The molecule has 0 saturated carbocycles. The Morgan fingerprint density at radius 1 is 1.65 bits per heavy atom. The topological polar surface area (TPSA) is 64.4 Å². The molecule has 92 valence electrons. The van der Waals surface area contributed by atoms with E-state index in [9.17, 15) is 10.1 Å². The smallest absolute Gasteiger partial charge is 0.310 e. The SMILES string of the molecule is C=CC(C)Oc1cc(CNC)ccc1[N+](=O)[O-]. The van der Waals surface area contributed by atoms with Gasteiger partial charge in [0, 0.05) is 12.6 Å². The summed E-state index contributed by atoms with van der Waals surface area (Å²) in [6, 6.07) is 4.84. The molecule has 0 heterocycles. The fraction of sp³-hybridized carbons (Fsp3) is 0.333. The zero-order valence-electron chi connectivity index (χ0n) is 9.97. The van der Waals surface area contributed by atoms with Gasteiger partial charge in [-0.2, -0.15) is 0 Å². The molecule has 1 rings (SSSR count). The third-order valence-corrected chi connectivity index (χ3v) is 2.25. The molecule has 0 spiro atoms. The number of nitro benzene ring substituents is 1. The van der Waals surface area contributed by atoms with Crippen molar-refractivity contribution in [3.8, 4) is 5.75 Å². The summed E-state index contributed by atoms with van der Waals surface area (Å²) in [5.74, 6) is 0.273. The Balaban J connectivity index is 3.06. The molecular weight excluding hydrogens is 220 g/mol. The van der Waals surface area contributed by atoms with Crippen molar-refractivity contribution in [1.82, 2.24) is 5.32 Å². The van der Waals surface area contributed by atoms with Crippen LogP contribution in [0.2, 0.25) is 0 Å². The number of hydrogen-bond donors (Lipinski definition) is 1. The van der Waals surface area contributed by atoms with Crippen LogP contribution in [-0.2, 0) is 6.54 Å². The molecule has 17 heavy (non-hydrogen) atoms. The van der Waals surface area contributed by atoms with Crippen LogP contribution in [0, 0.1) is 10.1 Å². The lowest BCUT2D eigenvalue weighted by atomic mass is 10.2. The first-order chi connectivity index (χ1) is 8.08. The first-order valence-electron chi connectivity index (χ1n) is 5.29. The predicted octanol–water partition coefficient (Wildman–Crippen LogP) is 2.27. The van der Waals surface area contributed by atoms with Gasteiger partial charge in [0.25, 0.3) is 0 Å². The van der Waals surface area contributed by atoms with Crippen molar-refractivity contribution in [3.05, 3.63) is 46.5 Å². The molecule has 5 heteroatoms. The normalized spacial score (nSPS) is 11.9. The van der Waals surface area contributed by atoms with Crippen molar-refractivity contribution in [2.75, 3.05) is 7.05 Å². The van der Waals surface area contributed by atoms with E-state index in [0.717, 1.165) is 5.56 Å². The van der Waals surface area contributed by atoms with Gasteiger partial charge in [-0.25, -0.2) is 0 Å². The molecule has 0 aliphatic heterocycles. The Morgan fingerprint density at radius 3 is 2.88 bits per heavy atom. The van der Waals surface area contributed by atoms with Crippen LogP contribution in [0.5, 0.6) is 5.75 Å². The van der Waals surface area contributed by atoms with Crippen LogP contribution < -0.4 is 10.1 Å². The minimum atomic E-state index is -0.450. The Bertz CT molecular complexity index is 418. The van der Waals surface area contributed by atoms with Crippen molar-refractivity contribution >= 4 is 5.69 Å². The lowest BCUT2D eigenvalue weighted by Gasteiger charge is -2.11. The second-order valence-corrected chi connectivity index (χ2v) is 3.65. The van der Waals surface area contributed by atoms with Crippen molar-refractivity contribution in [1.29, 1.82) is 0 Å². The first-order valence-corrected chi connectivity index (χ1v) is 5.29. The van der Waals surface area contributed by atoms with Crippen molar-refractivity contribution < 1.29 is 9.66 Å². The molecule has 0 fully saturated rings. The minimum absolute atomic E-state index is 0.0291. The van der Waals surface area contributed by atoms with E-state index in [0.29, 0.717) is 6.54 Å². The quantitative estimate of drug-likeness (QED) is 0.467. The van der Waals surface area contributed by atoms with Crippen LogP contribution in [0.15, 0.2) is 30.9 Å². The largest absolute Gasteiger partial charge is 0.480 e. The van der Waals surface area contributed by atoms with Crippen molar-refractivity contribution in [2.24, 2.45) is 0 Å². The molecule has 0 bridgehead atoms. The highest BCUT2D eigenvalue weighted by Crippen LogP contribution is 2.28. The highest BCUT2D eigenvalue weighted by Gasteiger charge is 2.16. The molecule has 0 saturated heterocycles. The molecule has 0 aliphatic carbocycles. The molecule has 1 aromatic carbocycles. The monoisotopic (exact) mass is 236 g/mol. The number of ether oxygens (including phenoxy) is 1. The second-order valence-electron chi connectivity index (χ2n) is 3.65. The van der Waals surface area contributed by atoms with Crippen LogP contribution in [0.25, 0.3) is 0 Å². The van der Waals surface area contributed by atoms with Crippen molar-refractivity contribution in [3.63, 3.8) is 0 Å². The van der Waals surface area contributed by atoms with Gasteiger partial charge in [-0.15, -0.1) is 0 Å². The molecule has 1 aromatic rings. The van der Waals surface area contributed by atoms with Gasteiger partial charge in [-0.3, -0.25) is 10.1 Å². The predicted molar refractivity (Wildman–Crippen MR) is 66.1 cm³/mol. The van der Waals surface area contributed by atoms with E-state index in [4.69, 9.17) is 4.74 Å². The van der Waals surface area contributed by atoms with E-state index in [-0.39, 0.29) is 17.5 Å². The summed E-state index contributed by atoms with van der Waals surface area (Å²) in [6.45, 7) is 6.00. The average Bonchev–Trinajstić information content (AvgIpc) is 2.29. The average molecular weight is 236 g/mol. The molecule has 1 atom stereocenters. The van der Waals surface area contributed by atoms with E-state index < -0.39 is 4.92 Å². The van der Waals surface area contributed by atoms with Crippen LogP contribution >= 0.6 is 0 Å². The summed E-state index contributed by atoms with van der Waals surface area (Å²) in [4.78, 5) is 10.4. The van der Waals surface area contributed by atoms with Crippen LogP contribution in [0.4, 0.5) is 5.69 Å². The maximum absolute atomic E-state index is 10.8. The van der Waals surface area contributed by atoms with Crippen LogP contribution in [0.1, 0.15) is 12.5 Å². The Labute approximate surface area is 100 Å². The Hall–Kier alpha value is -1.88. The first kappa shape index (κ1) is 13.2. The minimum Gasteiger partial charge on any atom is -0.480 e. The zero-order chi connectivity index (χ0) is 12.8.